The molecule has 0 saturated carbocycles. The summed E-state index contributed by atoms with van der Waals surface area (Å²) in [4.78, 5) is 13.8. The van der Waals surface area contributed by atoms with Crippen LogP contribution < -0.4 is 10.1 Å². The average Bonchev–Trinajstić information content (AvgIpc) is 2.60. The van der Waals surface area contributed by atoms with Crippen molar-refractivity contribution in [2.45, 2.75) is 38.8 Å². The van der Waals surface area contributed by atoms with Crippen LogP contribution in [0, 0.1) is 5.41 Å². The van der Waals surface area contributed by atoms with Crippen LogP contribution in [-0.4, -0.2) is 35.5 Å². The van der Waals surface area contributed by atoms with Crippen molar-refractivity contribution in [3.05, 3.63) is 29.8 Å². The van der Waals surface area contributed by atoms with Crippen LogP contribution in [0.3, 0.4) is 0 Å². The van der Waals surface area contributed by atoms with E-state index in [0.29, 0.717) is 6.42 Å². The minimum absolute atomic E-state index is 0.0255. The van der Waals surface area contributed by atoms with Gasteiger partial charge in [-0.1, -0.05) is 18.2 Å². The number of amides is 2. The molecule has 0 aromatic heterocycles. The molecular formula is C15H21N3O2. The lowest BCUT2D eigenvalue weighted by molar-refractivity contribution is 0.156. The Balaban J connectivity index is 2.38. The van der Waals surface area contributed by atoms with Crippen LogP contribution in [-0.2, 0) is 6.42 Å². The maximum Gasteiger partial charge on any atom is 0.323 e. The number of benzene rings is 1. The van der Waals surface area contributed by atoms with Crippen molar-refractivity contribution in [1.82, 2.24) is 10.2 Å². The third-order valence-corrected chi connectivity index (χ3v) is 3.76. The van der Waals surface area contributed by atoms with Gasteiger partial charge in [0.25, 0.3) is 0 Å². The van der Waals surface area contributed by atoms with Gasteiger partial charge in [0.1, 0.15) is 17.1 Å². The third kappa shape index (κ3) is 2.24. The van der Waals surface area contributed by atoms with Crippen LogP contribution in [0.2, 0.25) is 0 Å². The molecule has 0 radical (unpaired) electrons. The summed E-state index contributed by atoms with van der Waals surface area (Å²) in [6.07, 6.45) is 0.548. The number of ether oxygens (including phenoxy) is 1. The molecule has 1 heterocycles. The molecule has 2 amide bonds. The van der Waals surface area contributed by atoms with E-state index in [-0.39, 0.29) is 17.9 Å². The van der Waals surface area contributed by atoms with E-state index < -0.39 is 5.54 Å². The Morgan fingerprint density at radius 2 is 2.05 bits per heavy atom. The second-order valence-corrected chi connectivity index (χ2v) is 5.53. The van der Waals surface area contributed by atoms with Gasteiger partial charge in [0.2, 0.25) is 0 Å². The minimum atomic E-state index is -0.667. The predicted molar refractivity (Wildman–Crippen MR) is 78.3 cm³/mol. The lowest BCUT2D eigenvalue weighted by atomic mass is 9.89. The summed E-state index contributed by atoms with van der Waals surface area (Å²) in [7, 11) is 1.63. The van der Waals surface area contributed by atoms with Crippen LogP contribution in [0.1, 0.15) is 26.3 Å². The Labute approximate surface area is 119 Å². The van der Waals surface area contributed by atoms with Gasteiger partial charge in [-0.25, -0.2) is 4.79 Å². The lowest BCUT2D eigenvalue weighted by Gasteiger charge is -2.36. The minimum Gasteiger partial charge on any atom is -0.496 e. The molecule has 1 atom stereocenters. The number of urea groups is 1. The van der Waals surface area contributed by atoms with Crippen LogP contribution in [0.25, 0.3) is 0 Å². The zero-order chi connectivity index (χ0) is 14.9. The molecule has 20 heavy (non-hydrogen) atoms. The van der Waals surface area contributed by atoms with E-state index in [1.165, 1.54) is 0 Å². The van der Waals surface area contributed by atoms with Gasteiger partial charge in [0, 0.05) is 12.5 Å². The summed E-state index contributed by atoms with van der Waals surface area (Å²) < 4.78 is 5.36. The van der Waals surface area contributed by atoms with Gasteiger partial charge >= 0.3 is 6.03 Å². The quantitative estimate of drug-likeness (QED) is 0.886. The van der Waals surface area contributed by atoms with E-state index in [4.69, 9.17) is 10.1 Å². The van der Waals surface area contributed by atoms with E-state index in [0.717, 1.165) is 11.3 Å². The Hall–Kier alpha value is -2.04. The van der Waals surface area contributed by atoms with E-state index in [9.17, 15) is 4.79 Å². The molecule has 1 unspecified atom stereocenters. The Kier molecular flexibility index (Phi) is 3.70. The van der Waals surface area contributed by atoms with Crippen molar-refractivity contribution >= 4 is 11.9 Å². The number of amidine groups is 1. The van der Waals surface area contributed by atoms with Crippen molar-refractivity contribution in [3.63, 3.8) is 0 Å². The normalized spacial score (nSPS) is 22.4. The summed E-state index contributed by atoms with van der Waals surface area (Å²) in [5.74, 6) is 1.02. The highest BCUT2D eigenvalue weighted by atomic mass is 16.5. The number of nitrogens with one attached hydrogen (secondary N) is 2. The first-order valence-electron chi connectivity index (χ1n) is 6.71. The second-order valence-electron chi connectivity index (χ2n) is 5.53. The highest BCUT2D eigenvalue weighted by Gasteiger charge is 2.47. The van der Waals surface area contributed by atoms with E-state index in [1.54, 1.807) is 12.0 Å². The first-order chi connectivity index (χ1) is 9.40. The maximum absolute atomic E-state index is 12.0. The highest BCUT2D eigenvalue weighted by molar-refractivity contribution is 6.08. The number of para-hydroxylation sites is 1. The molecular weight excluding hydrogens is 254 g/mol. The fourth-order valence-electron chi connectivity index (χ4n) is 2.84. The Morgan fingerprint density at radius 3 is 2.65 bits per heavy atom. The second kappa shape index (κ2) is 5.15. The number of carbonyl (C=O) groups is 1. The molecule has 0 spiro atoms. The summed E-state index contributed by atoms with van der Waals surface area (Å²) in [5.41, 5.74) is 0.323. The number of hydrogen-bond donors (Lipinski definition) is 2. The maximum atomic E-state index is 12.0. The van der Waals surface area contributed by atoms with Crippen LogP contribution in [0.5, 0.6) is 5.75 Å². The molecule has 5 heteroatoms. The van der Waals surface area contributed by atoms with Crippen molar-refractivity contribution in [2.24, 2.45) is 0 Å². The first-order valence-corrected chi connectivity index (χ1v) is 6.71. The summed E-state index contributed by atoms with van der Waals surface area (Å²) in [6, 6.07) is 7.54. The van der Waals surface area contributed by atoms with Gasteiger partial charge in [-0.3, -0.25) is 10.7 Å². The summed E-state index contributed by atoms with van der Waals surface area (Å²) in [6.45, 7) is 5.83. The van der Waals surface area contributed by atoms with E-state index in [2.05, 4.69) is 5.32 Å². The van der Waals surface area contributed by atoms with Crippen molar-refractivity contribution in [1.29, 1.82) is 5.41 Å². The van der Waals surface area contributed by atoms with Gasteiger partial charge in [0.15, 0.2) is 0 Å². The SMILES string of the molecule is COc1ccccc1CC1(C)C(=N)NC(=O)N1C(C)C. The number of hydrogen-bond acceptors (Lipinski definition) is 3. The van der Waals surface area contributed by atoms with Crippen molar-refractivity contribution in [3.8, 4) is 5.75 Å². The van der Waals surface area contributed by atoms with Gasteiger partial charge < -0.3 is 9.64 Å². The monoisotopic (exact) mass is 275 g/mol. The molecule has 2 N–H and O–H groups in total. The fourth-order valence-corrected chi connectivity index (χ4v) is 2.84. The molecule has 1 aliphatic heterocycles. The Morgan fingerprint density at radius 1 is 1.40 bits per heavy atom. The van der Waals surface area contributed by atoms with Crippen LogP contribution in [0.4, 0.5) is 4.79 Å². The Bertz CT molecular complexity index is 542. The number of nitrogens with zero attached hydrogens (tertiary/aromatic N) is 1. The number of carbonyl (C=O) groups excluding carboxylic acids is 1. The van der Waals surface area contributed by atoms with Crippen molar-refractivity contribution in [2.75, 3.05) is 7.11 Å². The standard InChI is InChI=1S/C15H21N3O2/c1-10(2)18-14(19)17-13(16)15(18,3)9-11-7-5-6-8-12(11)20-4/h5-8,10H,9H2,1-4H3,(H2,16,17,19). The highest BCUT2D eigenvalue weighted by Crippen LogP contribution is 2.31. The summed E-state index contributed by atoms with van der Waals surface area (Å²) >= 11 is 0. The van der Waals surface area contributed by atoms with Gasteiger partial charge in [0.05, 0.1) is 7.11 Å². The first kappa shape index (κ1) is 14.4. The molecule has 108 valence electrons. The van der Waals surface area contributed by atoms with Gasteiger partial charge in [-0.2, -0.15) is 0 Å². The molecule has 0 aliphatic carbocycles. The molecule has 1 fully saturated rings. The molecule has 1 aromatic carbocycles. The average molecular weight is 275 g/mol. The molecule has 1 aliphatic rings. The topological polar surface area (TPSA) is 65.4 Å². The summed E-state index contributed by atoms with van der Waals surface area (Å²) in [5, 5.41) is 10.7. The molecule has 5 nitrogen and oxygen atoms in total. The molecule has 1 saturated heterocycles. The van der Waals surface area contributed by atoms with Crippen LogP contribution in [0.15, 0.2) is 24.3 Å². The largest absolute Gasteiger partial charge is 0.496 e. The van der Waals surface area contributed by atoms with Gasteiger partial charge in [-0.15, -0.1) is 0 Å². The molecule has 1 aromatic rings. The lowest BCUT2D eigenvalue weighted by Crippen LogP contribution is -2.51. The zero-order valence-corrected chi connectivity index (χ0v) is 12.4. The fraction of sp³-hybridized carbons (Fsp3) is 0.467. The van der Waals surface area contributed by atoms with E-state index >= 15 is 0 Å². The molecule has 2 rings (SSSR count). The number of rotatable bonds is 4. The number of methoxy groups -OCH3 is 1. The smallest absolute Gasteiger partial charge is 0.323 e. The zero-order valence-electron chi connectivity index (χ0n) is 12.4. The predicted octanol–water partition coefficient (Wildman–Crippen LogP) is 2.41. The van der Waals surface area contributed by atoms with E-state index in [1.807, 2.05) is 45.0 Å². The van der Waals surface area contributed by atoms with Crippen molar-refractivity contribution < 1.29 is 9.53 Å². The third-order valence-electron chi connectivity index (χ3n) is 3.76. The van der Waals surface area contributed by atoms with Gasteiger partial charge in [-0.05, 0) is 32.4 Å². The molecule has 0 bridgehead atoms. The van der Waals surface area contributed by atoms with Crippen LogP contribution >= 0.6 is 0 Å².